The smallest absolute Gasteiger partial charge is 0.242 e. The van der Waals surface area contributed by atoms with Crippen LogP contribution in [-0.2, 0) is 21.4 Å². The zero-order valence-electron chi connectivity index (χ0n) is 10.4. The third kappa shape index (κ3) is 2.96. The molecule has 2 aromatic rings. The molecule has 104 valence electrons. The summed E-state index contributed by atoms with van der Waals surface area (Å²) in [4.78, 5) is 0.623. The molecule has 0 unspecified atom stereocenters. The fraction of sp³-hybridized carbons (Fsp3) is 0.333. The number of sulfonamides is 1. The maximum absolute atomic E-state index is 12.3. The molecule has 0 spiro atoms. The Kier molecular flexibility index (Phi) is 4.54. The second kappa shape index (κ2) is 5.98. The number of hydrogen-bond donors (Lipinski definition) is 2. The Hall–Kier alpha value is -0.990. The Morgan fingerprint density at radius 1 is 1.37 bits per heavy atom. The highest BCUT2D eigenvalue weighted by atomic mass is 32.2. The minimum atomic E-state index is -3.64. The number of benzene rings is 1. The average molecular weight is 301 g/mol. The number of aliphatic hydroxyl groups is 1. The minimum Gasteiger partial charge on any atom is -0.391 e. The van der Waals surface area contributed by atoms with Gasteiger partial charge in [0, 0.05) is 23.7 Å². The molecule has 7 heteroatoms. The topological polar surface area (TPSA) is 75.6 Å². The maximum Gasteiger partial charge on any atom is 0.242 e. The van der Waals surface area contributed by atoms with Gasteiger partial charge in [0.05, 0.1) is 18.1 Å². The quantitative estimate of drug-likeness (QED) is 0.789. The third-order valence-electron chi connectivity index (χ3n) is 2.63. The Morgan fingerprint density at radius 2 is 2.11 bits per heavy atom. The van der Waals surface area contributed by atoms with Gasteiger partial charge in [-0.2, -0.15) is 0 Å². The highest BCUT2D eigenvalue weighted by molar-refractivity contribution is 7.90. The van der Waals surface area contributed by atoms with Crippen molar-refractivity contribution in [2.24, 2.45) is 0 Å². The van der Waals surface area contributed by atoms with Gasteiger partial charge in [-0.3, -0.25) is 0 Å². The van der Waals surface area contributed by atoms with Gasteiger partial charge < -0.3 is 9.84 Å². The molecule has 0 saturated carbocycles. The van der Waals surface area contributed by atoms with Crippen molar-refractivity contribution in [3.8, 4) is 0 Å². The van der Waals surface area contributed by atoms with Crippen LogP contribution in [0.3, 0.4) is 0 Å². The van der Waals surface area contributed by atoms with Crippen LogP contribution in [0.2, 0.25) is 0 Å². The van der Waals surface area contributed by atoms with Crippen LogP contribution in [0.4, 0.5) is 0 Å². The molecule has 0 aliphatic carbocycles. The van der Waals surface area contributed by atoms with Crippen LogP contribution >= 0.6 is 11.3 Å². The number of aliphatic hydroxyl groups excluding tert-OH is 1. The second-order valence-corrected chi connectivity index (χ2v) is 6.74. The number of nitrogens with one attached hydrogen (secondary N) is 1. The molecule has 5 nitrogen and oxygen atoms in total. The van der Waals surface area contributed by atoms with E-state index in [1.165, 1.54) is 18.4 Å². The first-order valence-corrected chi connectivity index (χ1v) is 8.00. The van der Waals surface area contributed by atoms with Crippen molar-refractivity contribution in [1.82, 2.24) is 4.72 Å². The van der Waals surface area contributed by atoms with Crippen LogP contribution in [0, 0.1) is 0 Å². The van der Waals surface area contributed by atoms with Crippen molar-refractivity contribution in [1.29, 1.82) is 0 Å². The molecule has 0 atom stereocenters. The molecule has 0 saturated heterocycles. The number of methoxy groups -OCH3 is 1. The number of hydrogen-bond acceptors (Lipinski definition) is 5. The molecule has 1 heterocycles. The monoisotopic (exact) mass is 301 g/mol. The van der Waals surface area contributed by atoms with Crippen LogP contribution in [0.25, 0.3) is 10.1 Å². The van der Waals surface area contributed by atoms with Gasteiger partial charge in [0.15, 0.2) is 0 Å². The van der Waals surface area contributed by atoms with Gasteiger partial charge >= 0.3 is 0 Å². The van der Waals surface area contributed by atoms with Gasteiger partial charge in [0.2, 0.25) is 10.0 Å². The first kappa shape index (κ1) is 14.4. The summed E-state index contributed by atoms with van der Waals surface area (Å²) < 4.78 is 32.7. The van der Waals surface area contributed by atoms with Crippen LogP contribution in [-0.4, -0.2) is 33.8 Å². The van der Waals surface area contributed by atoms with Crippen LogP contribution in [0.1, 0.15) is 4.88 Å². The van der Waals surface area contributed by atoms with Gasteiger partial charge in [-0.1, -0.05) is 18.2 Å². The summed E-state index contributed by atoms with van der Waals surface area (Å²) in [6.45, 7) is 0.212. The highest BCUT2D eigenvalue weighted by Gasteiger charge is 2.23. The Morgan fingerprint density at radius 3 is 2.79 bits per heavy atom. The molecule has 0 amide bonds. The van der Waals surface area contributed by atoms with Crippen LogP contribution < -0.4 is 4.72 Å². The van der Waals surface area contributed by atoms with Gasteiger partial charge in [-0.25, -0.2) is 13.1 Å². The fourth-order valence-corrected chi connectivity index (χ4v) is 4.63. The highest BCUT2D eigenvalue weighted by Crippen LogP contribution is 2.34. The summed E-state index contributed by atoms with van der Waals surface area (Å²) >= 11 is 1.29. The SMILES string of the molecule is COCCNS(=O)(=O)c1c(CO)sc2ccccc12. The van der Waals surface area contributed by atoms with E-state index in [0.717, 1.165) is 4.70 Å². The first-order valence-electron chi connectivity index (χ1n) is 5.70. The van der Waals surface area contributed by atoms with Crippen molar-refractivity contribution >= 4 is 31.4 Å². The predicted molar refractivity (Wildman–Crippen MR) is 74.8 cm³/mol. The molecule has 0 radical (unpaired) electrons. The van der Waals surface area contributed by atoms with Crippen molar-refractivity contribution in [2.45, 2.75) is 11.5 Å². The van der Waals surface area contributed by atoms with E-state index in [1.807, 2.05) is 12.1 Å². The van der Waals surface area contributed by atoms with E-state index in [9.17, 15) is 13.5 Å². The minimum absolute atomic E-state index is 0.173. The van der Waals surface area contributed by atoms with Crippen molar-refractivity contribution in [3.63, 3.8) is 0 Å². The molecule has 19 heavy (non-hydrogen) atoms. The Bertz CT molecular complexity index is 663. The van der Waals surface area contributed by atoms with E-state index in [2.05, 4.69) is 4.72 Å². The van der Waals surface area contributed by atoms with E-state index in [1.54, 1.807) is 12.1 Å². The van der Waals surface area contributed by atoms with Gasteiger partial charge in [0.1, 0.15) is 4.90 Å². The molecule has 2 rings (SSSR count). The number of fused-ring (bicyclic) bond motifs is 1. The largest absolute Gasteiger partial charge is 0.391 e. The fourth-order valence-electron chi connectivity index (χ4n) is 1.82. The summed E-state index contributed by atoms with van der Waals surface area (Å²) in [5, 5.41) is 9.99. The lowest BCUT2D eigenvalue weighted by atomic mass is 10.2. The van der Waals surface area contributed by atoms with E-state index in [0.29, 0.717) is 16.9 Å². The number of ether oxygens (including phenoxy) is 1. The normalized spacial score (nSPS) is 12.1. The van der Waals surface area contributed by atoms with Crippen molar-refractivity contribution in [2.75, 3.05) is 20.3 Å². The third-order valence-corrected chi connectivity index (χ3v) is 5.50. The van der Waals surface area contributed by atoms with E-state index < -0.39 is 10.0 Å². The zero-order chi connectivity index (χ0) is 13.9. The molecule has 0 aliphatic heterocycles. The standard InChI is InChI=1S/C12H15NO4S2/c1-17-7-6-13-19(15,16)12-9-4-2-3-5-10(9)18-11(12)8-14/h2-5,13-14H,6-8H2,1H3. The molecule has 2 N–H and O–H groups in total. The molecule has 0 aliphatic rings. The Labute approximate surface area is 115 Å². The average Bonchev–Trinajstić information content (AvgIpc) is 2.78. The molecule has 0 bridgehead atoms. The summed E-state index contributed by atoms with van der Waals surface area (Å²) in [6, 6.07) is 7.21. The molecule has 1 aromatic carbocycles. The summed E-state index contributed by atoms with van der Waals surface area (Å²) in [6.07, 6.45) is 0. The zero-order valence-corrected chi connectivity index (χ0v) is 12.1. The maximum atomic E-state index is 12.3. The summed E-state index contributed by atoms with van der Waals surface area (Å²) in [5.74, 6) is 0. The van der Waals surface area contributed by atoms with E-state index in [4.69, 9.17) is 4.74 Å². The lowest BCUT2D eigenvalue weighted by molar-refractivity contribution is 0.204. The lowest BCUT2D eigenvalue weighted by Crippen LogP contribution is -2.27. The molecule has 1 aromatic heterocycles. The van der Waals surface area contributed by atoms with Crippen LogP contribution in [0.15, 0.2) is 29.2 Å². The summed E-state index contributed by atoms with van der Waals surface area (Å²) in [7, 11) is -2.13. The molecular formula is C12H15NO4S2. The van der Waals surface area contributed by atoms with Crippen molar-refractivity contribution in [3.05, 3.63) is 29.1 Å². The lowest BCUT2D eigenvalue weighted by Gasteiger charge is -2.07. The predicted octanol–water partition coefficient (Wildman–Crippen LogP) is 1.32. The van der Waals surface area contributed by atoms with Gasteiger partial charge in [0.25, 0.3) is 0 Å². The molecule has 0 fully saturated rings. The van der Waals surface area contributed by atoms with Gasteiger partial charge in [-0.05, 0) is 6.07 Å². The van der Waals surface area contributed by atoms with E-state index >= 15 is 0 Å². The number of rotatable bonds is 6. The first-order chi connectivity index (χ1) is 9.10. The van der Waals surface area contributed by atoms with Crippen molar-refractivity contribution < 1.29 is 18.3 Å². The van der Waals surface area contributed by atoms with E-state index in [-0.39, 0.29) is 18.0 Å². The van der Waals surface area contributed by atoms with Gasteiger partial charge in [-0.15, -0.1) is 11.3 Å². The molecular weight excluding hydrogens is 286 g/mol. The second-order valence-electron chi connectivity index (χ2n) is 3.90. The summed E-state index contributed by atoms with van der Waals surface area (Å²) in [5.41, 5.74) is 0. The Balaban J connectivity index is 2.48. The number of thiophene rings is 1. The van der Waals surface area contributed by atoms with Crippen LogP contribution in [0.5, 0.6) is 0 Å².